The largest absolute Gasteiger partial charge is 0.495 e. The van der Waals surface area contributed by atoms with Gasteiger partial charge in [-0.3, -0.25) is 9.89 Å². The third kappa shape index (κ3) is 3.73. The molecule has 0 unspecified atom stereocenters. The quantitative estimate of drug-likeness (QED) is 0.543. The van der Waals surface area contributed by atoms with Crippen molar-refractivity contribution in [3.63, 3.8) is 0 Å². The fourth-order valence-corrected chi connectivity index (χ4v) is 2.95. The summed E-state index contributed by atoms with van der Waals surface area (Å²) in [6, 6.07) is 11.2. The molecule has 4 rings (SSSR count). The summed E-state index contributed by atoms with van der Waals surface area (Å²) in [7, 11) is 5.02. The van der Waals surface area contributed by atoms with Crippen LogP contribution in [0.25, 0.3) is 22.0 Å². The molecule has 0 aliphatic rings. The normalized spacial score (nSPS) is 10.7. The van der Waals surface area contributed by atoms with E-state index in [9.17, 15) is 4.79 Å². The van der Waals surface area contributed by atoms with Crippen molar-refractivity contribution in [3.05, 3.63) is 60.7 Å². The molecule has 1 aromatic carbocycles. The van der Waals surface area contributed by atoms with Crippen molar-refractivity contribution in [2.45, 2.75) is 0 Å². The SMILES string of the molecule is COc1cc(-c2cn[nH]c2)ccc1Nc1cc2nc(C(=O)N(C)C)ccc2cn1. The molecule has 2 N–H and O–H groups in total. The standard InChI is InChI=1S/C21H20N6O2/c1-27(2)21(28)17-7-5-14-10-22-20(9-18(14)25-17)26-16-6-4-13(8-19(16)29-3)15-11-23-24-12-15/h4-12H,1-3H3,(H,22,26)(H,23,24). The maximum absolute atomic E-state index is 12.2. The molecule has 0 saturated carbocycles. The molecular formula is C21H20N6O2. The fourth-order valence-electron chi connectivity index (χ4n) is 2.95. The van der Waals surface area contributed by atoms with E-state index >= 15 is 0 Å². The molecule has 0 aliphatic heterocycles. The van der Waals surface area contributed by atoms with Gasteiger partial charge in [0.25, 0.3) is 5.91 Å². The number of hydrogen-bond acceptors (Lipinski definition) is 6. The second-order valence-corrected chi connectivity index (χ2v) is 6.69. The lowest BCUT2D eigenvalue weighted by Gasteiger charge is -2.13. The van der Waals surface area contributed by atoms with Gasteiger partial charge in [-0.25, -0.2) is 9.97 Å². The molecular weight excluding hydrogens is 368 g/mol. The molecule has 29 heavy (non-hydrogen) atoms. The number of aromatic amines is 1. The molecule has 0 aliphatic carbocycles. The van der Waals surface area contributed by atoms with Crippen LogP contribution in [0.15, 0.2) is 55.0 Å². The fraction of sp³-hybridized carbons (Fsp3) is 0.143. The van der Waals surface area contributed by atoms with Crippen LogP contribution in [0.4, 0.5) is 11.5 Å². The Morgan fingerprint density at radius 2 is 1.97 bits per heavy atom. The highest BCUT2D eigenvalue weighted by molar-refractivity contribution is 5.94. The average Bonchev–Trinajstić information content (AvgIpc) is 3.27. The summed E-state index contributed by atoms with van der Waals surface area (Å²) >= 11 is 0. The van der Waals surface area contributed by atoms with Gasteiger partial charge in [-0.2, -0.15) is 5.10 Å². The van der Waals surface area contributed by atoms with Gasteiger partial charge in [0.1, 0.15) is 17.3 Å². The number of anilines is 2. The Labute approximate surface area is 167 Å². The number of carbonyl (C=O) groups excluding carboxylic acids is 1. The summed E-state index contributed by atoms with van der Waals surface area (Å²) in [4.78, 5) is 22.6. The van der Waals surface area contributed by atoms with Crippen LogP contribution in [0.2, 0.25) is 0 Å². The number of nitrogens with zero attached hydrogens (tertiary/aromatic N) is 4. The zero-order valence-electron chi connectivity index (χ0n) is 16.3. The molecule has 3 heterocycles. The number of rotatable bonds is 5. The van der Waals surface area contributed by atoms with E-state index in [0.717, 1.165) is 22.2 Å². The third-order valence-corrected chi connectivity index (χ3v) is 4.49. The maximum atomic E-state index is 12.2. The van der Waals surface area contributed by atoms with Crippen LogP contribution < -0.4 is 10.1 Å². The highest BCUT2D eigenvalue weighted by atomic mass is 16.5. The topological polar surface area (TPSA) is 96.0 Å². The molecule has 0 fully saturated rings. The molecule has 0 spiro atoms. The Hall–Kier alpha value is -3.94. The Bertz CT molecular complexity index is 1170. The van der Waals surface area contributed by atoms with E-state index < -0.39 is 0 Å². The van der Waals surface area contributed by atoms with Crippen molar-refractivity contribution in [1.82, 2.24) is 25.1 Å². The lowest BCUT2D eigenvalue weighted by molar-refractivity contribution is 0.0822. The molecule has 4 aromatic rings. The summed E-state index contributed by atoms with van der Waals surface area (Å²) in [6.45, 7) is 0. The lowest BCUT2D eigenvalue weighted by atomic mass is 10.1. The van der Waals surface area contributed by atoms with Gasteiger partial charge in [0.15, 0.2) is 0 Å². The average molecular weight is 388 g/mol. The first-order valence-electron chi connectivity index (χ1n) is 8.98. The molecule has 8 heteroatoms. The van der Waals surface area contributed by atoms with E-state index in [-0.39, 0.29) is 5.91 Å². The van der Waals surface area contributed by atoms with Crippen molar-refractivity contribution < 1.29 is 9.53 Å². The number of nitrogens with one attached hydrogen (secondary N) is 2. The molecule has 0 atom stereocenters. The number of carbonyl (C=O) groups is 1. The molecule has 0 saturated heterocycles. The highest BCUT2D eigenvalue weighted by Crippen LogP contribution is 2.32. The first-order chi connectivity index (χ1) is 14.0. The summed E-state index contributed by atoms with van der Waals surface area (Å²) in [5.74, 6) is 1.14. The third-order valence-electron chi connectivity index (χ3n) is 4.49. The van der Waals surface area contributed by atoms with Gasteiger partial charge in [-0.1, -0.05) is 6.07 Å². The summed E-state index contributed by atoms with van der Waals surface area (Å²) in [5, 5.41) is 10.9. The zero-order valence-corrected chi connectivity index (χ0v) is 16.3. The molecule has 3 aromatic heterocycles. The number of benzene rings is 1. The second-order valence-electron chi connectivity index (χ2n) is 6.69. The highest BCUT2D eigenvalue weighted by Gasteiger charge is 2.12. The number of fused-ring (bicyclic) bond motifs is 1. The van der Waals surface area contributed by atoms with Gasteiger partial charge in [0.05, 0.1) is 24.5 Å². The Morgan fingerprint density at radius 3 is 2.69 bits per heavy atom. The number of methoxy groups -OCH3 is 1. The summed E-state index contributed by atoms with van der Waals surface area (Å²) < 4.78 is 5.53. The maximum Gasteiger partial charge on any atom is 0.271 e. The minimum atomic E-state index is -0.144. The van der Waals surface area contributed by atoms with Crippen molar-refractivity contribution in [2.75, 3.05) is 26.5 Å². The summed E-state index contributed by atoms with van der Waals surface area (Å²) in [6.07, 6.45) is 5.30. The van der Waals surface area contributed by atoms with Crippen molar-refractivity contribution >= 4 is 28.3 Å². The number of ether oxygens (including phenoxy) is 1. The van der Waals surface area contributed by atoms with Crippen LogP contribution in [0.1, 0.15) is 10.5 Å². The van der Waals surface area contributed by atoms with Crippen LogP contribution in [0.5, 0.6) is 5.75 Å². The van der Waals surface area contributed by atoms with Crippen LogP contribution in [0.3, 0.4) is 0 Å². The zero-order chi connectivity index (χ0) is 20.4. The van der Waals surface area contributed by atoms with Crippen molar-refractivity contribution in [3.8, 4) is 16.9 Å². The molecule has 146 valence electrons. The van der Waals surface area contributed by atoms with Crippen molar-refractivity contribution in [1.29, 1.82) is 0 Å². The monoisotopic (exact) mass is 388 g/mol. The first-order valence-corrected chi connectivity index (χ1v) is 8.98. The minimum absolute atomic E-state index is 0.144. The van der Waals surface area contributed by atoms with E-state index in [2.05, 4.69) is 25.5 Å². The molecule has 1 amide bonds. The first kappa shape index (κ1) is 18.4. The Morgan fingerprint density at radius 1 is 1.10 bits per heavy atom. The molecule has 0 bridgehead atoms. The van der Waals surface area contributed by atoms with Crippen LogP contribution in [-0.2, 0) is 0 Å². The van der Waals surface area contributed by atoms with E-state index in [1.807, 2.05) is 36.5 Å². The van der Waals surface area contributed by atoms with Crippen LogP contribution >= 0.6 is 0 Å². The summed E-state index contributed by atoms with van der Waals surface area (Å²) in [5.41, 5.74) is 3.81. The molecule has 0 radical (unpaired) electrons. The Kier molecular flexibility index (Phi) is 4.82. The molecule has 8 nitrogen and oxygen atoms in total. The van der Waals surface area contributed by atoms with Gasteiger partial charge in [-0.15, -0.1) is 0 Å². The van der Waals surface area contributed by atoms with Gasteiger partial charge in [-0.05, 0) is 29.8 Å². The number of pyridine rings is 2. The number of aromatic nitrogens is 4. The number of hydrogen-bond donors (Lipinski definition) is 2. The van der Waals surface area contributed by atoms with E-state index in [1.54, 1.807) is 39.7 Å². The van der Waals surface area contributed by atoms with E-state index in [0.29, 0.717) is 22.8 Å². The van der Waals surface area contributed by atoms with E-state index in [1.165, 1.54) is 4.90 Å². The van der Waals surface area contributed by atoms with Gasteiger partial charge >= 0.3 is 0 Å². The number of H-pyrrole nitrogens is 1. The Balaban J connectivity index is 1.65. The van der Waals surface area contributed by atoms with E-state index in [4.69, 9.17) is 4.74 Å². The number of amides is 1. The van der Waals surface area contributed by atoms with Gasteiger partial charge < -0.3 is 15.0 Å². The van der Waals surface area contributed by atoms with Crippen molar-refractivity contribution in [2.24, 2.45) is 0 Å². The van der Waals surface area contributed by atoms with Gasteiger partial charge in [0.2, 0.25) is 0 Å². The van der Waals surface area contributed by atoms with Gasteiger partial charge in [0, 0.05) is 43.5 Å². The lowest BCUT2D eigenvalue weighted by Crippen LogP contribution is -2.22. The van der Waals surface area contributed by atoms with Crippen LogP contribution in [0, 0.1) is 0 Å². The smallest absolute Gasteiger partial charge is 0.271 e. The predicted molar refractivity (Wildman–Crippen MR) is 111 cm³/mol. The predicted octanol–water partition coefficient (Wildman–Crippen LogP) is 3.47. The second kappa shape index (κ2) is 7.59. The van der Waals surface area contributed by atoms with Crippen LogP contribution in [-0.4, -0.2) is 52.2 Å². The minimum Gasteiger partial charge on any atom is -0.495 e.